The zero-order valence-corrected chi connectivity index (χ0v) is 9.27. The minimum atomic E-state index is -2.27. The van der Waals surface area contributed by atoms with Gasteiger partial charge in [0.15, 0.2) is 0 Å². The first kappa shape index (κ1) is 11.4. The summed E-state index contributed by atoms with van der Waals surface area (Å²) in [6.45, 7) is 0. The molecule has 0 aliphatic heterocycles. The summed E-state index contributed by atoms with van der Waals surface area (Å²) < 4.78 is 24.0. The topological polar surface area (TPSA) is 15.8 Å². The van der Waals surface area contributed by atoms with Crippen LogP contribution in [0.3, 0.4) is 0 Å². The fourth-order valence-corrected chi connectivity index (χ4v) is 1.86. The largest absolute Gasteiger partial charge is 0.361 e. The normalized spacial score (nSPS) is 11.5. The van der Waals surface area contributed by atoms with E-state index in [9.17, 15) is 8.78 Å². The molecule has 0 spiro atoms. The number of hydrogen-bond donors (Lipinski definition) is 1. The molecule has 0 bridgehead atoms. The van der Waals surface area contributed by atoms with Crippen molar-refractivity contribution >= 4 is 22.5 Å². The highest BCUT2D eigenvalue weighted by atomic mass is 35.5. The summed E-state index contributed by atoms with van der Waals surface area (Å²) in [6.07, 6.45) is 1.52. The Labute approximate surface area is 97.4 Å². The number of benzene rings is 1. The van der Waals surface area contributed by atoms with Gasteiger partial charge < -0.3 is 4.98 Å². The molecule has 16 heavy (non-hydrogen) atoms. The van der Waals surface area contributed by atoms with E-state index in [0.29, 0.717) is 11.4 Å². The van der Waals surface area contributed by atoms with Gasteiger partial charge in [0.05, 0.1) is 0 Å². The highest BCUT2D eigenvalue weighted by molar-refractivity contribution is 6.31. The molecule has 2 aromatic rings. The number of aromatic nitrogens is 1. The molecule has 0 saturated heterocycles. The second-order valence-electron chi connectivity index (χ2n) is 3.62. The quantitative estimate of drug-likeness (QED) is 0.826. The van der Waals surface area contributed by atoms with E-state index < -0.39 is 6.43 Å². The van der Waals surface area contributed by atoms with Gasteiger partial charge in [-0.05, 0) is 36.6 Å². The fraction of sp³-hybridized carbons (Fsp3) is 0.250. The number of fused-ring (bicyclic) bond motifs is 1. The molecular formula is C12H11ClF2N. The summed E-state index contributed by atoms with van der Waals surface area (Å²) in [5.74, 6) is 0. The predicted octanol–water partition coefficient (Wildman–Crippen LogP) is 4.22. The average molecular weight is 243 g/mol. The second kappa shape index (κ2) is 4.83. The summed E-state index contributed by atoms with van der Waals surface area (Å²) in [5.41, 5.74) is 1.97. The average Bonchev–Trinajstić information content (AvgIpc) is 2.60. The third kappa shape index (κ3) is 2.53. The summed E-state index contributed by atoms with van der Waals surface area (Å²) in [5, 5.41) is 1.65. The lowest BCUT2D eigenvalue weighted by atomic mass is 10.1. The van der Waals surface area contributed by atoms with Crippen molar-refractivity contribution in [2.75, 3.05) is 0 Å². The third-order valence-corrected chi connectivity index (χ3v) is 2.67. The molecular weight excluding hydrogens is 232 g/mol. The molecule has 1 nitrogen and oxygen atoms in total. The monoisotopic (exact) mass is 242 g/mol. The van der Waals surface area contributed by atoms with Gasteiger partial charge in [-0.2, -0.15) is 0 Å². The van der Waals surface area contributed by atoms with E-state index in [2.05, 4.69) is 4.98 Å². The molecule has 1 aromatic carbocycles. The second-order valence-corrected chi connectivity index (χ2v) is 4.06. The summed E-state index contributed by atoms with van der Waals surface area (Å²) in [7, 11) is 0. The smallest absolute Gasteiger partial charge is 0.238 e. The molecule has 0 amide bonds. The van der Waals surface area contributed by atoms with Crippen molar-refractivity contribution in [1.29, 1.82) is 0 Å². The lowest BCUT2D eigenvalue weighted by Gasteiger charge is -1.99. The maximum atomic E-state index is 12.0. The number of nitrogens with one attached hydrogen (secondary N) is 1. The molecule has 4 heteroatoms. The zero-order chi connectivity index (χ0) is 11.5. The molecule has 0 saturated carbocycles. The molecule has 2 rings (SSSR count). The molecule has 0 unspecified atom stereocenters. The Morgan fingerprint density at radius 3 is 2.94 bits per heavy atom. The van der Waals surface area contributed by atoms with Crippen LogP contribution in [0.2, 0.25) is 5.02 Å². The van der Waals surface area contributed by atoms with Gasteiger partial charge in [-0.3, -0.25) is 0 Å². The maximum absolute atomic E-state index is 12.0. The van der Waals surface area contributed by atoms with Crippen LogP contribution in [0.25, 0.3) is 10.9 Å². The van der Waals surface area contributed by atoms with Crippen LogP contribution in [0.1, 0.15) is 12.0 Å². The van der Waals surface area contributed by atoms with E-state index in [1.54, 1.807) is 12.5 Å². The lowest BCUT2D eigenvalue weighted by Crippen LogP contribution is -1.93. The highest BCUT2D eigenvalue weighted by Crippen LogP contribution is 2.23. The predicted molar refractivity (Wildman–Crippen MR) is 61.9 cm³/mol. The van der Waals surface area contributed by atoms with Crippen molar-refractivity contribution in [2.45, 2.75) is 19.3 Å². The Morgan fingerprint density at radius 2 is 2.19 bits per heavy atom. The Balaban J connectivity index is 2.15. The van der Waals surface area contributed by atoms with Gasteiger partial charge in [0.25, 0.3) is 0 Å². The maximum Gasteiger partial charge on any atom is 0.238 e. The van der Waals surface area contributed by atoms with Gasteiger partial charge >= 0.3 is 0 Å². The molecule has 1 N–H and O–H groups in total. The van der Waals surface area contributed by atoms with Gasteiger partial charge in [0.2, 0.25) is 6.43 Å². The van der Waals surface area contributed by atoms with Gasteiger partial charge in [-0.1, -0.05) is 11.6 Å². The van der Waals surface area contributed by atoms with E-state index in [-0.39, 0.29) is 6.42 Å². The molecule has 0 aliphatic rings. The van der Waals surface area contributed by atoms with Gasteiger partial charge in [0, 0.05) is 28.5 Å². The van der Waals surface area contributed by atoms with Gasteiger partial charge in [-0.25, -0.2) is 8.78 Å². The summed E-state index contributed by atoms with van der Waals surface area (Å²) >= 11 is 5.89. The first-order chi connectivity index (χ1) is 7.66. The van der Waals surface area contributed by atoms with Crippen LogP contribution < -0.4 is 0 Å². The summed E-state index contributed by atoms with van der Waals surface area (Å²) in [4.78, 5) is 3.09. The molecule has 1 aromatic heterocycles. The first-order valence-corrected chi connectivity index (χ1v) is 5.40. The molecule has 0 fully saturated rings. The minimum Gasteiger partial charge on any atom is -0.361 e. The Kier molecular flexibility index (Phi) is 3.44. The standard InChI is InChI=1S/C12H11ClF2N/c13-9-4-5-11-10(6-9)8(7-16-11)2-1-3-12(14)15/h1,4-7,12,16H,2-3H2. The molecule has 0 atom stereocenters. The van der Waals surface area contributed by atoms with E-state index in [1.165, 1.54) is 0 Å². The van der Waals surface area contributed by atoms with Crippen LogP contribution in [0.4, 0.5) is 8.78 Å². The van der Waals surface area contributed by atoms with Crippen molar-refractivity contribution < 1.29 is 8.78 Å². The van der Waals surface area contributed by atoms with Crippen molar-refractivity contribution in [3.8, 4) is 0 Å². The number of H-pyrrole nitrogens is 1. The number of alkyl halides is 2. The third-order valence-electron chi connectivity index (χ3n) is 2.44. The number of halogens is 3. The number of hydrogen-bond acceptors (Lipinski definition) is 0. The van der Waals surface area contributed by atoms with Crippen molar-refractivity contribution in [3.63, 3.8) is 0 Å². The summed E-state index contributed by atoms with van der Waals surface area (Å²) in [6, 6.07) is 5.53. The van der Waals surface area contributed by atoms with Crippen LogP contribution in [-0.4, -0.2) is 11.4 Å². The van der Waals surface area contributed by atoms with Crippen molar-refractivity contribution in [2.24, 2.45) is 0 Å². The number of aromatic amines is 1. The van der Waals surface area contributed by atoms with Crippen LogP contribution in [0.5, 0.6) is 0 Å². The van der Waals surface area contributed by atoms with Gasteiger partial charge in [-0.15, -0.1) is 0 Å². The number of rotatable bonds is 4. The molecule has 0 aliphatic carbocycles. The van der Waals surface area contributed by atoms with Crippen molar-refractivity contribution in [1.82, 2.24) is 4.98 Å². The SMILES string of the molecule is FC(F)C[CH]Cc1c[nH]c2ccc(Cl)cc12. The zero-order valence-electron chi connectivity index (χ0n) is 8.51. The Morgan fingerprint density at radius 1 is 1.38 bits per heavy atom. The molecule has 1 radical (unpaired) electrons. The Hall–Kier alpha value is -1.09. The van der Waals surface area contributed by atoms with E-state index in [1.807, 2.05) is 18.3 Å². The molecule has 1 heterocycles. The molecule has 85 valence electrons. The highest BCUT2D eigenvalue weighted by Gasteiger charge is 2.06. The minimum absolute atomic E-state index is 0.173. The van der Waals surface area contributed by atoms with Crippen LogP contribution >= 0.6 is 11.6 Å². The van der Waals surface area contributed by atoms with E-state index in [0.717, 1.165) is 16.5 Å². The van der Waals surface area contributed by atoms with Crippen LogP contribution in [-0.2, 0) is 6.42 Å². The van der Waals surface area contributed by atoms with Gasteiger partial charge in [0.1, 0.15) is 0 Å². The van der Waals surface area contributed by atoms with Crippen LogP contribution in [0, 0.1) is 6.42 Å². The van der Waals surface area contributed by atoms with Crippen molar-refractivity contribution in [3.05, 3.63) is 41.4 Å². The van der Waals surface area contributed by atoms with E-state index in [4.69, 9.17) is 11.6 Å². The first-order valence-electron chi connectivity index (χ1n) is 5.02. The lowest BCUT2D eigenvalue weighted by molar-refractivity contribution is 0.147. The van der Waals surface area contributed by atoms with E-state index >= 15 is 0 Å². The Bertz CT molecular complexity index is 479. The fourth-order valence-electron chi connectivity index (χ4n) is 1.68. The van der Waals surface area contributed by atoms with Crippen LogP contribution in [0.15, 0.2) is 24.4 Å².